The number of thioether (sulfide) groups is 2. The monoisotopic (exact) mass is 527 g/mol. The number of hydrogen-bond donors (Lipinski definition) is 0. The van der Waals surface area contributed by atoms with Gasteiger partial charge in [0.05, 0.1) is 32.3 Å². The number of anilines is 1. The lowest BCUT2D eigenvalue weighted by atomic mass is 10.2. The molecule has 3 nitrogen and oxygen atoms in total. The number of halogens is 1. The largest absolute Gasteiger partial charge is 1.00 e. The molecule has 142 valence electrons. The third-order valence-corrected chi connectivity index (χ3v) is 8.08. The van der Waals surface area contributed by atoms with Crippen molar-refractivity contribution >= 4 is 50.8 Å². The van der Waals surface area contributed by atoms with Gasteiger partial charge in [-0.1, -0.05) is 0 Å². The second kappa shape index (κ2) is 8.88. The molecule has 4 aliphatic rings. The van der Waals surface area contributed by atoms with Gasteiger partial charge >= 0.3 is 0 Å². The van der Waals surface area contributed by atoms with E-state index in [0.717, 1.165) is 37.4 Å². The Kier molecular flexibility index (Phi) is 6.51. The van der Waals surface area contributed by atoms with Gasteiger partial charge in [-0.05, 0) is 24.3 Å². The van der Waals surface area contributed by atoms with E-state index in [1.807, 2.05) is 11.3 Å². The number of aromatic nitrogens is 1. The van der Waals surface area contributed by atoms with Gasteiger partial charge in [-0.15, -0.1) is 23.1 Å². The third kappa shape index (κ3) is 4.26. The van der Waals surface area contributed by atoms with Crippen LogP contribution in [-0.4, -0.2) is 54.2 Å². The molecular formula is C20H22IN3S3. The lowest BCUT2D eigenvalue weighted by Crippen LogP contribution is -3.00. The molecule has 2 fully saturated rings. The van der Waals surface area contributed by atoms with Crippen molar-refractivity contribution in [2.75, 3.05) is 54.1 Å². The van der Waals surface area contributed by atoms with E-state index >= 15 is 0 Å². The fraction of sp³-hybridized carbons (Fsp3) is 0.400. The van der Waals surface area contributed by atoms with Crippen molar-refractivity contribution in [2.24, 2.45) is 0 Å². The van der Waals surface area contributed by atoms with Crippen molar-refractivity contribution in [1.82, 2.24) is 9.56 Å². The van der Waals surface area contributed by atoms with E-state index in [1.54, 1.807) is 0 Å². The van der Waals surface area contributed by atoms with E-state index in [2.05, 4.69) is 69.4 Å². The lowest BCUT2D eigenvalue weighted by molar-refractivity contribution is -0.00000495. The van der Waals surface area contributed by atoms with Gasteiger partial charge in [0.1, 0.15) is 0 Å². The molecule has 27 heavy (non-hydrogen) atoms. The maximum Gasteiger partial charge on any atom is 0.201 e. The first kappa shape index (κ1) is 19.8. The Morgan fingerprint density at radius 3 is 2.48 bits per heavy atom. The first-order chi connectivity index (χ1) is 12.9. The lowest BCUT2D eigenvalue weighted by Gasteiger charge is -2.28. The topological polar surface area (TPSA) is 19.1 Å². The highest BCUT2D eigenvalue weighted by Crippen LogP contribution is 2.32. The third-order valence-electron chi connectivity index (χ3n) is 5.10. The van der Waals surface area contributed by atoms with Crippen molar-refractivity contribution in [3.63, 3.8) is 0 Å². The Bertz CT molecular complexity index is 974. The standard InChI is InChI=1S/C20H22N3S3.HI/c1-3-17-19(13-15(1)22-5-9-24-10-6-22)26-20-14-16(2-4-18(20)21-17)23-7-11-25-12-8-23;/h1-4,13-14H,5-12H2;1H/q+1;/p-1. The van der Waals surface area contributed by atoms with Crippen LogP contribution in [-0.2, 0) is 0 Å². The zero-order valence-corrected chi connectivity index (χ0v) is 19.7. The minimum Gasteiger partial charge on any atom is -1.00 e. The Morgan fingerprint density at radius 2 is 1.67 bits per heavy atom. The van der Waals surface area contributed by atoms with Gasteiger partial charge in [0.15, 0.2) is 13.1 Å². The molecule has 2 saturated heterocycles. The van der Waals surface area contributed by atoms with Gasteiger partial charge in [0.2, 0.25) is 5.36 Å². The van der Waals surface area contributed by atoms with Crippen LogP contribution in [0.25, 0.3) is 20.8 Å². The number of rotatable bonds is 1. The summed E-state index contributed by atoms with van der Waals surface area (Å²) in [6.45, 7) is 4.61. The Labute approximate surface area is 189 Å². The number of fused-ring (bicyclic) bond motifs is 2. The van der Waals surface area contributed by atoms with Gasteiger partial charge in [-0.3, -0.25) is 0 Å². The average Bonchev–Trinajstić information content (AvgIpc) is 2.73. The molecule has 1 aliphatic carbocycles. The highest BCUT2D eigenvalue weighted by Gasteiger charge is 2.16. The van der Waals surface area contributed by atoms with Gasteiger partial charge in [0.25, 0.3) is 0 Å². The van der Waals surface area contributed by atoms with E-state index in [-0.39, 0.29) is 24.0 Å². The van der Waals surface area contributed by atoms with Crippen molar-refractivity contribution in [3.8, 4) is 10.6 Å². The quantitative estimate of drug-likeness (QED) is 0.261. The van der Waals surface area contributed by atoms with Crippen molar-refractivity contribution in [1.29, 1.82) is 0 Å². The molecule has 0 saturated carbocycles. The summed E-state index contributed by atoms with van der Waals surface area (Å²) >= 11 is 5.99. The molecule has 3 aliphatic heterocycles. The summed E-state index contributed by atoms with van der Waals surface area (Å²) < 4.78 is 3.80. The molecule has 5 rings (SSSR count). The molecule has 0 unspecified atom stereocenters. The van der Waals surface area contributed by atoms with E-state index in [0.29, 0.717) is 0 Å². The summed E-state index contributed by atoms with van der Waals surface area (Å²) in [5.41, 5.74) is 3.57. The maximum atomic E-state index is 4.92. The number of nitrogens with zero attached hydrogens (tertiary/aromatic N) is 3. The molecule has 1 aromatic carbocycles. The zero-order chi connectivity index (χ0) is 17.3. The minimum atomic E-state index is 0. The normalized spacial score (nSPS) is 17.9. The molecule has 1 aromatic rings. The highest BCUT2D eigenvalue weighted by molar-refractivity contribution is 7.99. The fourth-order valence-electron chi connectivity index (χ4n) is 3.64. The Balaban J connectivity index is 0.00000180. The molecule has 0 aromatic heterocycles. The van der Waals surface area contributed by atoms with Crippen LogP contribution in [0.15, 0.2) is 36.4 Å². The van der Waals surface area contributed by atoms with Gasteiger partial charge in [-0.2, -0.15) is 11.8 Å². The predicted molar refractivity (Wildman–Crippen MR) is 118 cm³/mol. The summed E-state index contributed by atoms with van der Waals surface area (Å²) in [6.07, 6.45) is 0. The molecule has 3 heterocycles. The first-order valence-electron chi connectivity index (χ1n) is 9.20. The SMILES string of the molecule is [I-].c1cc2nc3ccc(=[N+]4CCSCC4)cc-3sc2cc1N1CCSCC1. The van der Waals surface area contributed by atoms with Crippen LogP contribution in [0.5, 0.6) is 0 Å². The molecule has 0 atom stereocenters. The van der Waals surface area contributed by atoms with E-state index in [1.165, 1.54) is 43.6 Å². The predicted octanol–water partition coefficient (Wildman–Crippen LogP) is 0.477. The van der Waals surface area contributed by atoms with E-state index in [4.69, 9.17) is 4.98 Å². The Morgan fingerprint density at radius 1 is 0.889 bits per heavy atom. The van der Waals surface area contributed by atoms with Crippen molar-refractivity contribution in [3.05, 3.63) is 41.8 Å². The Hall–Kier alpha value is -0.510. The van der Waals surface area contributed by atoms with Crippen LogP contribution in [0.1, 0.15) is 0 Å². The van der Waals surface area contributed by atoms with E-state index < -0.39 is 0 Å². The van der Waals surface area contributed by atoms with Crippen LogP contribution in [0.2, 0.25) is 0 Å². The maximum absolute atomic E-state index is 4.92. The highest BCUT2D eigenvalue weighted by atomic mass is 127. The van der Waals surface area contributed by atoms with Gasteiger partial charge < -0.3 is 28.9 Å². The van der Waals surface area contributed by atoms with Gasteiger partial charge in [-0.25, -0.2) is 9.56 Å². The molecule has 0 spiro atoms. The van der Waals surface area contributed by atoms with Crippen LogP contribution in [0.3, 0.4) is 0 Å². The number of hydrogen-bond acceptors (Lipinski definition) is 5. The molecule has 0 radical (unpaired) electrons. The second-order valence-electron chi connectivity index (χ2n) is 6.72. The van der Waals surface area contributed by atoms with E-state index in [9.17, 15) is 0 Å². The second-order valence-corrected chi connectivity index (χ2v) is 10.3. The van der Waals surface area contributed by atoms with Crippen LogP contribution < -0.4 is 38.8 Å². The molecule has 0 N–H and O–H groups in total. The summed E-state index contributed by atoms with van der Waals surface area (Å²) in [4.78, 5) is 8.72. The molecule has 0 amide bonds. The van der Waals surface area contributed by atoms with Crippen LogP contribution >= 0.6 is 34.9 Å². The molecular weight excluding hydrogens is 505 g/mol. The zero-order valence-electron chi connectivity index (χ0n) is 15.1. The molecule has 0 bridgehead atoms. The van der Waals surface area contributed by atoms with Crippen molar-refractivity contribution in [2.45, 2.75) is 0 Å². The van der Waals surface area contributed by atoms with Gasteiger partial charge in [0, 0.05) is 42.4 Å². The molecule has 7 heteroatoms. The summed E-state index contributed by atoms with van der Waals surface area (Å²) in [7, 11) is 0. The fourth-order valence-corrected chi connectivity index (χ4v) is 6.48. The summed E-state index contributed by atoms with van der Waals surface area (Å²) in [5.74, 6) is 4.92. The van der Waals surface area contributed by atoms with Crippen LogP contribution in [0, 0.1) is 0 Å². The first-order valence-corrected chi connectivity index (χ1v) is 12.3. The average molecular weight is 528 g/mol. The van der Waals surface area contributed by atoms with Crippen LogP contribution in [0.4, 0.5) is 5.69 Å². The summed E-state index contributed by atoms with van der Waals surface area (Å²) in [6, 6.07) is 13.5. The summed E-state index contributed by atoms with van der Waals surface area (Å²) in [5, 5.41) is 1.35. The number of benzene rings is 2. The minimum absolute atomic E-state index is 0. The smallest absolute Gasteiger partial charge is 0.201 e. The van der Waals surface area contributed by atoms with Crippen molar-refractivity contribution < 1.29 is 24.0 Å².